The van der Waals surface area contributed by atoms with Gasteiger partial charge in [-0.3, -0.25) is 14.5 Å². The van der Waals surface area contributed by atoms with Crippen molar-refractivity contribution in [3.63, 3.8) is 0 Å². The first-order valence-corrected chi connectivity index (χ1v) is 11.0. The minimum Gasteiger partial charge on any atom is -0.507 e. The van der Waals surface area contributed by atoms with Crippen molar-refractivity contribution in [2.75, 3.05) is 0 Å². The lowest BCUT2D eigenvalue weighted by molar-refractivity contribution is -0.123. The summed E-state index contributed by atoms with van der Waals surface area (Å²) in [6, 6.07) is 19.7. The molecule has 3 aromatic rings. The molecular formula is C24H17Cl2NO3S. The van der Waals surface area contributed by atoms with Crippen molar-refractivity contribution < 1.29 is 14.7 Å². The first-order valence-electron chi connectivity index (χ1n) is 9.46. The molecule has 1 aliphatic rings. The summed E-state index contributed by atoms with van der Waals surface area (Å²) in [6.07, 6.45) is 2.14. The normalized spacial score (nSPS) is 15.2. The maximum atomic E-state index is 12.8. The summed E-state index contributed by atoms with van der Waals surface area (Å²) in [5.41, 5.74) is 3.17. The van der Waals surface area contributed by atoms with E-state index in [4.69, 9.17) is 23.2 Å². The van der Waals surface area contributed by atoms with Crippen LogP contribution in [0.15, 0.2) is 71.6 Å². The third-order valence-corrected chi connectivity index (χ3v) is 6.39. The molecule has 0 aromatic heterocycles. The molecule has 156 valence electrons. The van der Waals surface area contributed by atoms with Crippen LogP contribution in [0.3, 0.4) is 0 Å². The molecule has 0 aliphatic carbocycles. The number of hydrogen-bond acceptors (Lipinski definition) is 4. The molecule has 0 atom stereocenters. The van der Waals surface area contributed by atoms with Crippen molar-refractivity contribution in [3.8, 4) is 5.75 Å². The van der Waals surface area contributed by atoms with Crippen LogP contribution in [0.4, 0.5) is 4.79 Å². The highest BCUT2D eigenvalue weighted by molar-refractivity contribution is 8.18. The molecule has 7 heteroatoms. The topological polar surface area (TPSA) is 57.6 Å². The minimum absolute atomic E-state index is 0.0346. The molecule has 4 rings (SSSR count). The van der Waals surface area contributed by atoms with Gasteiger partial charge in [-0.1, -0.05) is 59.6 Å². The predicted octanol–water partition coefficient (Wildman–Crippen LogP) is 6.53. The smallest absolute Gasteiger partial charge is 0.293 e. The summed E-state index contributed by atoms with van der Waals surface area (Å²) in [4.78, 5) is 26.7. The zero-order chi connectivity index (χ0) is 22.0. The lowest BCUT2D eigenvalue weighted by atomic mass is 10.0. The maximum absolute atomic E-state index is 12.8. The first kappa shape index (κ1) is 21.5. The fraction of sp³-hybridized carbons (Fsp3) is 0.0833. The number of phenolic OH excluding ortho intramolecular Hbond substituents is 1. The Morgan fingerprint density at radius 2 is 1.65 bits per heavy atom. The number of aromatic hydroxyl groups is 1. The Bertz CT molecular complexity index is 1190. The Balaban J connectivity index is 1.56. The molecule has 31 heavy (non-hydrogen) atoms. The second-order valence-corrected chi connectivity index (χ2v) is 8.89. The minimum atomic E-state index is -0.388. The quantitative estimate of drug-likeness (QED) is 0.431. The number of hydrogen-bond donors (Lipinski definition) is 1. The standard InChI is InChI=1S/C24H17Cl2NO3S/c25-19-8-5-15(6-9-19)14-27-23(29)22(31-24(27)30)13-18-12-16(7-10-21(18)28)11-17-3-1-2-4-20(17)26/h1-10,12-13,28H,11,14H2/b22-13-. The summed E-state index contributed by atoms with van der Waals surface area (Å²) >= 11 is 13.0. The highest BCUT2D eigenvalue weighted by Gasteiger charge is 2.35. The third-order valence-electron chi connectivity index (χ3n) is 4.86. The molecule has 0 unspecified atom stereocenters. The van der Waals surface area contributed by atoms with Crippen molar-refractivity contribution in [1.82, 2.24) is 4.90 Å². The summed E-state index contributed by atoms with van der Waals surface area (Å²) < 4.78 is 0. The molecule has 1 N–H and O–H groups in total. The van der Waals surface area contributed by atoms with Crippen LogP contribution in [0.25, 0.3) is 6.08 Å². The monoisotopic (exact) mass is 469 g/mol. The fourth-order valence-corrected chi connectivity index (χ4v) is 4.40. The van der Waals surface area contributed by atoms with Gasteiger partial charge >= 0.3 is 0 Å². The number of rotatable bonds is 5. The van der Waals surface area contributed by atoms with E-state index in [1.165, 1.54) is 4.90 Å². The SMILES string of the molecule is O=C1S/C(=C\c2cc(Cc3ccccc3Cl)ccc2O)C(=O)N1Cc1ccc(Cl)cc1. The summed E-state index contributed by atoms with van der Waals surface area (Å²) in [5, 5.41) is 11.2. The van der Waals surface area contributed by atoms with E-state index in [-0.39, 0.29) is 28.3 Å². The van der Waals surface area contributed by atoms with Gasteiger partial charge in [-0.05, 0) is 71.3 Å². The largest absolute Gasteiger partial charge is 0.507 e. The average Bonchev–Trinajstić information content (AvgIpc) is 3.01. The number of imide groups is 1. The van der Waals surface area contributed by atoms with Crippen LogP contribution >= 0.6 is 35.0 Å². The van der Waals surface area contributed by atoms with E-state index in [0.717, 1.165) is 28.5 Å². The zero-order valence-electron chi connectivity index (χ0n) is 16.2. The predicted molar refractivity (Wildman–Crippen MR) is 125 cm³/mol. The van der Waals surface area contributed by atoms with Gasteiger partial charge in [0.25, 0.3) is 11.1 Å². The summed E-state index contributed by atoms with van der Waals surface area (Å²) in [6.45, 7) is 0.164. The van der Waals surface area contributed by atoms with E-state index in [1.807, 2.05) is 30.3 Å². The van der Waals surface area contributed by atoms with E-state index in [2.05, 4.69) is 0 Å². The van der Waals surface area contributed by atoms with Gasteiger partial charge in [0.05, 0.1) is 11.4 Å². The zero-order valence-corrected chi connectivity index (χ0v) is 18.5. The second kappa shape index (κ2) is 9.18. The van der Waals surface area contributed by atoms with Crippen molar-refractivity contribution in [2.45, 2.75) is 13.0 Å². The molecular weight excluding hydrogens is 453 g/mol. The molecule has 1 saturated heterocycles. The molecule has 1 aliphatic heterocycles. The van der Waals surface area contributed by atoms with Crippen LogP contribution in [0.5, 0.6) is 5.75 Å². The summed E-state index contributed by atoms with van der Waals surface area (Å²) in [5.74, 6) is -0.353. The Hall–Kier alpha value is -2.73. The lowest BCUT2D eigenvalue weighted by Gasteiger charge is -2.12. The number of nitrogens with zero attached hydrogens (tertiary/aromatic N) is 1. The maximum Gasteiger partial charge on any atom is 0.293 e. The highest BCUT2D eigenvalue weighted by Crippen LogP contribution is 2.35. The Labute approximate surface area is 194 Å². The van der Waals surface area contributed by atoms with Gasteiger partial charge in [0.15, 0.2) is 0 Å². The second-order valence-electron chi connectivity index (χ2n) is 7.06. The van der Waals surface area contributed by atoms with Gasteiger partial charge in [-0.25, -0.2) is 0 Å². The number of thioether (sulfide) groups is 1. The van der Waals surface area contributed by atoms with E-state index in [0.29, 0.717) is 22.0 Å². The van der Waals surface area contributed by atoms with E-state index in [1.54, 1.807) is 42.5 Å². The fourth-order valence-electron chi connectivity index (χ4n) is 3.24. The van der Waals surface area contributed by atoms with E-state index < -0.39 is 0 Å². The van der Waals surface area contributed by atoms with Crippen molar-refractivity contribution in [1.29, 1.82) is 0 Å². The molecule has 1 fully saturated rings. The van der Waals surface area contributed by atoms with Crippen LogP contribution in [0.1, 0.15) is 22.3 Å². The van der Waals surface area contributed by atoms with Gasteiger partial charge in [-0.15, -0.1) is 0 Å². The van der Waals surface area contributed by atoms with Crippen LogP contribution in [-0.2, 0) is 17.8 Å². The van der Waals surface area contributed by atoms with Gasteiger partial charge in [-0.2, -0.15) is 0 Å². The lowest BCUT2D eigenvalue weighted by Crippen LogP contribution is -2.27. The third kappa shape index (κ3) is 4.96. The molecule has 0 spiro atoms. The van der Waals surface area contributed by atoms with Gasteiger partial charge in [0, 0.05) is 15.6 Å². The Morgan fingerprint density at radius 3 is 2.39 bits per heavy atom. The number of benzene rings is 3. The first-order chi connectivity index (χ1) is 14.9. The molecule has 3 aromatic carbocycles. The number of carbonyl (C=O) groups is 2. The van der Waals surface area contributed by atoms with Crippen LogP contribution < -0.4 is 0 Å². The van der Waals surface area contributed by atoms with E-state index >= 15 is 0 Å². The average molecular weight is 470 g/mol. The Morgan fingerprint density at radius 1 is 0.935 bits per heavy atom. The Kier molecular flexibility index (Phi) is 6.37. The molecule has 2 amide bonds. The number of halogens is 2. The highest BCUT2D eigenvalue weighted by atomic mass is 35.5. The van der Waals surface area contributed by atoms with Crippen molar-refractivity contribution >= 4 is 52.2 Å². The van der Waals surface area contributed by atoms with E-state index in [9.17, 15) is 14.7 Å². The van der Waals surface area contributed by atoms with Crippen LogP contribution in [0, 0.1) is 0 Å². The number of amides is 2. The number of carbonyl (C=O) groups excluding carboxylic acids is 2. The molecule has 0 radical (unpaired) electrons. The van der Waals surface area contributed by atoms with Crippen LogP contribution in [-0.4, -0.2) is 21.2 Å². The van der Waals surface area contributed by atoms with Gasteiger partial charge in [0.1, 0.15) is 5.75 Å². The number of phenols is 1. The van der Waals surface area contributed by atoms with Crippen molar-refractivity contribution in [2.24, 2.45) is 0 Å². The molecule has 4 nitrogen and oxygen atoms in total. The molecule has 0 saturated carbocycles. The van der Waals surface area contributed by atoms with Crippen molar-refractivity contribution in [3.05, 3.63) is 104 Å². The van der Waals surface area contributed by atoms with Gasteiger partial charge < -0.3 is 5.11 Å². The molecule has 0 bridgehead atoms. The van der Waals surface area contributed by atoms with Gasteiger partial charge in [0.2, 0.25) is 0 Å². The molecule has 1 heterocycles. The summed E-state index contributed by atoms with van der Waals surface area (Å²) in [7, 11) is 0. The van der Waals surface area contributed by atoms with Crippen LogP contribution in [0.2, 0.25) is 10.0 Å².